The SMILES string of the molecule is C/C=C(O)\C(=C/Cc1cc(C)c(-c2ccc(F)cc2)c(C#N)c1)C(=O)O. The Labute approximate surface area is 151 Å². The average molecular weight is 351 g/mol. The molecule has 0 aromatic heterocycles. The number of hydrogen-bond donors (Lipinski definition) is 2. The molecule has 0 saturated heterocycles. The molecule has 0 fully saturated rings. The van der Waals surface area contributed by atoms with Crippen LogP contribution in [-0.4, -0.2) is 16.2 Å². The first-order valence-corrected chi connectivity index (χ1v) is 7.96. The first kappa shape index (κ1) is 18.9. The maximum absolute atomic E-state index is 13.1. The van der Waals surface area contributed by atoms with Gasteiger partial charge in [-0.25, -0.2) is 9.18 Å². The number of benzene rings is 2. The number of carbonyl (C=O) groups is 1. The van der Waals surface area contributed by atoms with E-state index in [9.17, 15) is 24.7 Å². The van der Waals surface area contributed by atoms with Gasteiger partial charge in [0.05, 0.1) is 17.2 Å². The van der Waals surface area contributed by atoms with E-state index in [1.54, 1.807) is 25.1 Å². The molecule has 0 aliphatic carbocycles. The molecule has 0 spiro atoms. The molecule has 0 saturated carbocycles. The number of nitrogens with zero attached hydrogens (tertiary/aromatic N) is 1. The summed E-state index contributed by atoms with van der Waals surface area (Å²) in [5.74, 6) is -1.88. The van der Waals surface area contributed by atoms with Gasteiger partial charge in [-0.1, -0.05) is 24.3 Å². The lowest BCUT2D eigenvalue weighted by molar-refractivity contribution is -0.132. The standard InChI is InChI=1S/C21H18FNO3/c1-3-19(24)18(21(25)26)9-4-14-10-13(2)20(16(11-14)12-23)15-5-7-17(22)8-6-15/h3,5-11,24H,4H2,1-2H3,(H,25,26)/b18-9+,19-3+. The quantitative estimate of drug-likeness (QED) is 0.465. The zero-order valence-corrected chi connectivity index (χ0v) is 14.5. The molecule has 132 valence electrons. The molecular formula is C21H18FNO3. The number of rotatable bonds is 5. The Hall–Kier alpha value is -3.39. The summed E-state index contributed by atoms with van der Waals surface area (Å²) in [6, 6.07) is 11.6. The van der Waals surface area contributed by atoms with Crippen molar-refractivity contribution >= 4 is 5.97 Å². The van der Waals surface area contributed by atoms with Crippen molar-refractivity contribution < 1.29 is 19.4 Å². The second kappa shape index (κ2) is 8.13. The molecule has 0 aliphatic heterocycles. The maximum Gasteiger partial charge on any atom is 0.339 e. The number of aryl methyl sites for hydroxylation is 1. The molecule has 2 rings (SSSR count). The van der Waals surface area contributed by atoms with E-state index in [1.165, 1.54) is 24.3 Å². The molecule has 0 heterocycles. The molecule has 2 aromatic carbocycles. The largest absolute Gasteiger partial charge is 0.507 e. The number of nitriles is 1. The maximum atomic E-state index is 13.1. The summed E-state index contributed by atoms with van der Waals surface area (Å²) in [6.45, 7) is 3.38. The Bertz CT molecular complexity index is 935. The van der Waals surface area contributed by atoms with Gasteiger partial charge in [0, 0.05) is 5.56 Å². The minimum Gasteiger partial charge on any atom is -0.507 e. The predicted octanol–water partition coefficient (Wildman–Crippen LogP) is 4.69. The zero-order chi connectivity index (χ0) is 19.3. The van der Waals surface area contributed by atoms with Gasteiger partial charge in [0.2, 0.25) is 0 Å². The van der Waals surface area contributed by atoms with Crippen molar-refractivity contribution in [1.82, 2.24) is 0 Å². The third-order valence-electron chi connectivity index (χ3n) is 3.97. The van der Waals surface area contributed by atoms with Crippen molar-refractivity contribution in [2.75, 3.05) is 0 Å². The summed E-state index contributed by atoms with van der Waals surface area (Å²) >= 11 is 0. The summed E-state index contributed by atoms with van der Waals surface area (Å²) in [5, 5.41) is 28.3. The van der Waals surface area contributed by atoms with Gasteiger partial charge < -0.3 is 10.2 Å². The molecule has 2 aromatic rings. The Morgan fingerprint density at radius 3 is 2.42 bits per heavy atom. The van der Waals surface area contributed by atoms with Crippen molar-refractivity contribution in [3.8, 4) is 17.2 Å². The molecule has 5 heteroatoms. The van der Waals surface area contributed by atoms with Crippen LogP contribution in [0.25, 0.3) is 11.1 Å². The van der Waals surface area contributed by atoms with Crippen LogP contribution in [0.2, 0.25) is 0 Å². The van der Waals surface area contributed by atoms with Crippen molar-refractivity contribution in [3.05, 3.63) is 82.4 Å². The molecule has 0 amide bonds. The van der Waals surface area contributed by atoms with E-state index in [1.807, 2.05) is 13.0 Å². The summed E-state index contributed by atoms with van der Waals surface area (Å²) in [6.07, 6.45) is 2.97. The van der Waals surface area contributed by atoms with E-state index < -0.39 is 5.97 Å². The first-order chi connectivity index (χ1) is 12.4. The second-order valence-electron chi connectivity index (χ2n) is 5.75. The average Bonchev–Trinajstić information content (AvgIpc) is 2.61. The lowest BCUT2D eigenvalue weighted by Crippen LogP contribution is -2.04. The molecular weight excluding hydrogens is 333 g/mol. The van der Waals surface area contributed by atoms with Gasteiger partial charge in [0.1, 0.15) is 11.6 Å². The fraction of sp³-hybridized carbons (Fsp3) is 0.143. The molecule has 0 radical (unpaired) electrons. The van der Waals surface area contributed by atoms with Gasteiger partial charge in [-0.3, -0.25) is 0 Å². The topological polar surface area (TPSA) is 81.3 Å². The van der Waals surface area contributed by atoms with Gasteiger partial charge in [-0.05, 0) is 61.2 Å². The van der Waals surface area contributed by atoms with Crippen LogP contribution in [0, 0.1) is 24.1 Å². The van der Waals surface area contributed by atoms with E-state index in [4.69, 9.17) is 0 Å². The molecule has 0 aliphatic rings. The van der Waals surface area contributed by atoms with Gasteiger partial charge in [0.15, 0.2) is 0 Å². The van der Waals surface area contributed by atoms with Crippen molar-refractivity contribution in [3.63, 3.8) is 0 Å². The predicted molar refractivity (Wildman–Crippen MR) is 97.1 cm³/mol. The van der Waals surface area contributed by atoms with Crippen molar-refractivity contribution in [1.29, 1.82) is 5.26 Å². The lowest BCUT2D eigenvalue weighted by Gasteiger charge is -2.11. The number of allylic oxidation sites excluding steroid dienone is 2. The number of hydrogen-bond acceptors (Lipinski definition) is 3. The summed E-state index contributed by atoms with van der Waals surface area (Å²) < 4.78 is 13.1. The number of aliphatic hydroxyl groups excluding tert-OH is 1. The minimum absolute atomic E-state index is 0.189. The molecule has 26 heavy (non-hydrogen) atoms. The fourth-order valence-corrected chi connectivity index (χ4v) is 2.74. The normalized spacial score (nSPS) is 11.9. The van der Waals surface area contributed by atoms with E-state index in [2.05, 4.69) is 6.07 Å². The minimum atomic E-state index is -1.22. The van der Waals surface area contributed by atoms with Crippen LogP contribution in [0.3, 0.4) is 0 Å². The number of aliphatic carboxylic acids is 1. The highest BCUT2D eigenvalue weighted by atomic mass is 19.1. The molecule has 0 atom stereocenters. The third-order valence-corrected chi connectivity index (χ3v) is 3.97. The Balaban J connectivity index is 2.45. The van der Waals surface area contributed by atoms with E-state index in [0.29, 0.717) is 5.56 Å². The van der Waals surface area contributed by atoms with Crippen LogP contribution in [-0.2, 0) is 11.2 Å². The van der Waals surface area contributed by atoms with Gasteiger partial charge in [-0.2, -0.15) is 5.26 Å². The number of halogens is 1. The molecule has 0 bridgehead atoms. The fourth-order valence-electron chi connectivity index (χ4n) is 2.74. The number of carboxylic acid groups (broad SMARTS) is 1. The van der Waals surface area contributed by atoms with E-state index in [-0.39, 0.29) is 23.6 Å². The van der Waals surface area contributed by atoms with Gasteiger partial charge >= 0.3 is 5.97 Å². The van der Waals surface area contributed by atoms with Crippen LogP contribution < -0.4 is 0 Å². The van der Waals surface area contributed by atoms with Crippen molar-refractivity contribution in [2.24, 2.45) is 0 Å². The summed E-state index contributed by atoms with van der Waals surface area (Å²) in [4.78, 5) is 11.2. The van der Waals surface area contributed by atoms with Crippen LogP contribution >= 0.6 is 0 Å². The Morgan fingerprint density at radius 1 is 1.23 bits per heavy atom. The van der Waals surface area contributed by atoms with Crippen LogP contribution in [0.5, 0.6) is 0 Å². The van der Waals surface area contributed by atoms with E-state index >= 15 is 0 Å². The number of carboxylic acids is 1. The van der Waals surface area contributed by atoms with Crippen LogP contribution in [0.15, 0.2) is 59.9 Å². The Morgan fingerprint density at radius 2 is 1.88 bits per heavy atom. The monoisotopic (exact) mass is 351 g/mol. The second-order valence-corrected chi connectivity index (χ2v) is 5.75. The third kappa shape index (κ3) is 4.17. The zero-order valence-electron chi connectivity index (χ0n) is 14.5. The molecule has 2 N–H and O–H groups in total. The highest BCUT2D eigenvalue weighted by Crippen LogP contribution is 2.29. The lowest BCUT2D eigenvalue weighted by atomic mass is 9.92. The number of aliphatic hydroxyl groups is 1. The highest BCUT2D eigenvalue weighted by Gasteiger charge is 2.13. The Kier molecular flexibility index (Phi) is 5.92. The van der Waals surface area contributed by atoms with Crippen LogP contribution in [0.1, 0.15) is 23.6 Å². The molecule has 4 nitrogen and oxygen atoms in total. The molecule has 0 unspecified atom stereocenters. The van der Waals surface area contributed by atoms with E-state index in [0.717, 1.165) is 22.3 Å². The summed E-state index contributed by atoms with van der Waals surface area (Å²) in [5.41, 5.74) is 3.26. The first-order valence-electron chi connectivity index (χ1n) is 7.96. The van der Waals surface area contributed by atoms with Crippen molar-refractivity contribution in [2.45, 2.75) is 20.3 Å². The van der Waals surface area contributed by atoms with Gasteiger partial charge in [0.25, 0.3) is 0 Å². The highest BCUT2D eigenvalue weighted by molar-refractivity contribution is 5.90. The van der Waals surface area contributed by atoms with Crippen LogP contribution in [0.4, 0.5) is 4.39 Å². The summed E-state index contributed by atoms with van der Waals surface area (Å²) in [7, 11) is 0. The van der Waals surface area contributed by atoms with Gasteiger partial charge in [-0.15, -0.1) is 0 Å². The smallest absolute Gasteiger partial charge is 0.339 e.